The van der Waals surface area contributed by atoms with Crippen LogP contribution in [0.3, 0.4) is 0 Å². The molecule has 2 aliphatic heterocycles. The number of pyridine rings is 1. The van der Waals surface area contributed by atoms with E-state index in [-0.39, 0.29) is 21.8 Å². The van der Waals surface area contributed by atoms with Crippen molar-refractivity contribution in [1.82, 2.24) is 19.3 Å². The molecule has 0 saturated carbocycles. The summed E-state index contributed by atoms with van der Waals surface area (Å²) < 4.78 is 73.7. The number of benzene rings is 1. The summed E-state index contributed by atoms with van der Waals surface area (Å²) in [5, 5.41) is 3.25. The van der Waals surface area contributed by atoms with Gasteiger partial charge in [-0.3, -0.25) is 0 Å². The van der Waals surface area contributed by atoms with Crippen molar-refractivity contribution >= 4 is 26.7 Å². The third-order valence-corrected chi connectivity index (χ3v) is 7.92. The van der Waals surface area contributed by atoms with Crippen LogP contribution in [0.25, 0.3) is 10.9 Å². The number of aryl methyl sites for hydroxylation is 1. The second-order valence-electron chi connectivity index (χ2n) is 8.84. The number of fused-ring (bicyclic) bond motifs is 1. The molecular weight excluding hydrogens is 471 g/mol. The number of nitrogens with zero attached hydrogens (tertiary/aromatic N) is 4. The zero-order chi connectivity index (χ0) is 24.3. The summed E-state index contributed by atoms with van der Waals surface area (Å²) >= 11 is 0. The Hall–Kier alpha value is -2.83. The Bertz CT molecular complexity index is 1370. The third-order valence-electron chi connectivity index (χ3n) is 6.23. The second-order valence-corrected chi connectivity index (χ2v) is 10.7. The first-order chi connectivity index (χ1) is 16.1. The monoisotopic (exact) mass is 493 g/mol. The van der Waals surface area contributed by atoms with Gasteiger partial charge in [-0.2, -0.15) is 4.31 Å². The summed E-state index contributed by atoms with van der Waals surface area (Å²) in [6.07, 6.45) is -1.59. The molecule has 2 aliphatic rings. The maximum absolute atomic E-state index is 14.7. The van der Waals surface area contributed by atoms with Gasteiger partial charge in [-0.15, -0.1) is 0 Å². The molecule has 5 rings (SSSR count). The molecule has 2 saturated heterocycles. The van der Waals surface area contributed by atoms with Crippen LogP contribution < -0.4 is 5.32 Å². The Morgan fingerprint density at radius 1 is 1.18 bits per heavy atom. The number of alkyl halides is 2. The number of halogens is 3. The Morgan fingerprint density at radius 2 is 1.88 bits per heavy atom. The SMILES string of the molecule is Cc1nc(N[C@H](C)c2cccc(C(F)F)c2F)c2cc(S(=O)(=O)N3CC4(COC4)C3)ncc2n1. The number of rotatable bonds is 6. The van der Waals surface area contributed by atoms with Crippen molar-refractivity contribution in [2.75, 3.05) is 31.6 Å². The number of aromatic nitrogens is 3. The van der Waals surface area contributed by atoms with E-state index in [9.17, 15) is 21.6 Å². The number of anilines is 1. The zero-order valence-electron chi connectivity index (χ0n) is 18.4. The molecule has 0 aliphatic carbocycles. The van der Waals surface area contributed by atoms with E-state index >= 15 is 0 Å². The standard InChI is InChI=1S/C22H22F3N5O3S/c1-12(14-4-3-5-15(19(14)23)20(24)25)27-21-16-6-18(26-7-17(16)28-13(2)29-21)34(31,32)30-8-22(9-30)10-33-11-22/h3-7,12,20H,8-11H2,1-2H3,(H,27,28,29)/t12-/m1/s1. The fourth-order valence-corrected chi connectivity index (χ4v) is 5.92. The lowest BCUT2D eigenvalue weighted by atomic mass is 9.80. The number of ether oxygens (including phenoxy) is 1. The molecule has 8 nitrogen and oxygen atoms in total. The highest BCUT2D eigenvalue weighted by molar-refractivity contribution is 7.89. The summed E-state index contributed by atoms with van der Waals surface area (Å²) in [7, 11) is -3.83. The smallest absolute Gasteiger partial charge is 0.266 e. The number of nitrogens with one attached hydrogen (secondary N) is 1. The van der Waals surface area contributed by atoms with Crippen molar-refractivity contribution in [1.29, 1.82) is 0 Å². The van der Waals surface area contributed by atoms with Crippen molar-refractivity contribution in [2.45, 2.75) is 31.3 Å². The van der Waals surface area contributed by atoms with Gasteiger partial charge < -0.3 is 10.1 Å². The molecule has 4 heterocycles. The second kappa shape index (κ2) is 8.14. The van der Waals surface area contributed by atoms with Crippen molar-refractivity contribution < 1.29 is 26.3 Å². The molecule has 3 aromatic rings. The highest BCUT2D eigenvalue weighted by atomic mass is 32.2. The molecule has 2 fully saturated rings. The van der Waals surface area contributed by atoms with E-state index in [1.165, 1.54) is 28.7 Å². The van der Waals surface area contributed by atoms with E-state index in [1.807, 2.05) is 0 Å². The van der Waals surface area contributed by atoms with E-state index in [4.69, 9.17) is 4.74 Å². The molecule has 0 amide bonds. The number of hydrogen-bond donors (Lipinski definition) is 1. The molecule has 12 heteroatoms. The van der Waals surface area contributed by atoms with E-state index in [2.05, 4.69) is 20.3 Å². The molecule has 34 heavy (non-hydrogen) atoms. The van der Waals surface area contributed by atoms with Crippen LogP contribution in [0.15, 0.2) is 35.5 Å². The van der Waals surface area contributed by atoms with Gasteiger partial charge in [0.15, 0.2) is 5.03 Å². The van der Waals surface area contributed by atoms with Gasteiger partial charge in [-0.05, 0) is 19.9 Å². The topological polar surface area (TPSA) is 97.3 Å². The first kappa shape index (κ1) is 22.9. The summed E-state index contributed by atoms with van der Waals surface area (Å²) in [4.78, 5) is 12.8. The van der Waals surface area contributed by atoms with Gasteiger partial charge in [-0.25, -0.2) is 36.5 Å². The van der Waals surface area contributed by atoms with Gasteiger partial charge in [0.05, 0.1) is 36.5 Å². The summed E-state index contributed by atoms with van der Waals surface area (Å²) in [6.45, 7) is 5.11. The molecule has 1 atom stereocenters. The Balaban J connectivity index is 1.48. The van der Waals surface area contributed by atoms with E-state index < -0.39 is 33.9 Å². The fourth-order valence-electron chi connectivity index (χ4n) is 4.31. The summed E-state index contributed by atoms with van der Waals surface area (Å²) in [5.41, 5.74) is -0.340. The van der Waals surface area contributed by atoms with Crippen molar-refractivity contribution in [2.24, 2.45) is 5.41 Å². The van der Waals surface area contributed by atoms with Crippen molar-refractivity contribution in [3.8, 4) is 0 Å². The Labute approximate surface area is 194 Å². The largest absolute Gasteiger partial charge is 0.380 e. The highest BCUT2D eigenvalue weighted by Gasteiger charge is 2.53. The van der Waals surface area contributed by atoms with Gasteiger partial charge in [0, 0.05) is 29.5 Å². The normalized spacial score (nSPS) is 18.6. The highest BCUT2D eigenvalue weighted by Crippen LogP contribution is 2.40. The quantitative estimate of drug-likeness (QED) is 0.560. The predicted molar refractivity (Wildman–Crippen MR) is 117 cm³/mol. The number of sulfonamides is 1. The van der Waals surface area contributed by atoms with Gasteiger partial charge in [0.2, 0.25) is 0 Å². The van der Waals surface area contributed by atoms with E-state index in [0.29, 0.717) is 43.0 Å². The molecule has 0 unspecified atom stereocenters. The molecule has 1 N–H and O–H groups in total. The molecule has 1 spiro atoms. The van der Waals surface area contributed by atoms with Crippen LogP contribution in [-0.2, 0) is 14.8 Å². The maximum atomic E-state index is 14.7. The first-order valence-electron chi connectivity index (χ1n) is 10.6. The number of hydrogen-bond acceptors (Lipinski definition) is 7. The molecule has 2 aromatic heterocycles. The minimum absolute atomic E-state index is 0.0395. The predicted octanol–water partition coefficient (Wildman–Crippen LogP) is 3.60. The average Bonchev–Trinajstić information content (AvgIpc) is 2.71. The fraction of sp³-hybridized carbons (Fsp3) is 0.409. The van der Waals surface area contributed by atoms with Crippen molar-refractivity contribution in [3.63, 3.8) is 0 Å². The van der Waals surface area contributed by atoms with Crippen LogP contribution in [0, 0.1) is 18.2 Å². The average molecular weight is 494 g/mol. The van der Waals surface area contributed by atoms with Gasteiger partial charge in [0.25, 0.3) is 16.4 Å². The zero-order valence-corrected chi connectivity index (χ0v) is 19.2. The minimum atomic E-state index is -3.83. The lowest BCUT2D eigenvalue weighted by Gasteiger charge is -2.53. The van der Waals surface area contributed by atoms with Gasteiger partial charge in [-0.1, -0.05) is 18.2 Å². The van der Waals surface area contributed by atoms with Gasteiger partial charge >= 0.3 is 0 Å². The van der Waals surface area contributed by atoms with Crippen LogP contribution in [0.2, 0.25) is 0 Å². The molecule has 1 aromatic carbocycles. The van der Waals surface area contributed by atoms with Crippen LogP contribution in [-0.4, -0.2) is 54.0 Å². The first-order valence-corrected chi connectivity index (χ1v) is 12.1. The van der Waals surface area contributed by atoms with Crippen LogP contribution >= 0.6 is 0 Å². The molecular formula is C22H22F3N5O3S. The van der Waals surface area contributed by atoms with E-state index in [0.717, 1.165) is 6.07 Å². The lowest BCUT2D eigenvalue weighted by molar-refractivity contribution is -0.166. The summed E-state index contributed by atoms with van der Waals surface area (Å²) in [5.74, 6) is -0.358. The van der Waals surface area contributed by atoms with Crippen molar-refractivity contribution in [3.05, 3.63) is 53.2 Å². The van der Waals surface area contributed by atoms with Crippen LogP contribution in [0.5, 0.6) is 0 Å². The molecule has 180 valence electrons. The Kier molecular flexibility index (Phi) is 5.49. The van der Waals surface area contributed by atoms with E-state index in [1.54, 1.807) is 13.8 Å². The minimum Gasteiger partial charge on any atom is -0.380 e. The molecule has 0 radical (unpaired) electrons. The lowest BCUT2D eigenvalue weighted by Crippen LogP contribution is -2.67. The molecule has 0 bridgehead atoms. The van der Waals surface area contributed by atoms with Crippen LogP contribution in [0.4, 0.5) is 19.0 Å². The van der Waals surface area contributed by atoms with Gasteiger partial charge in [0.1, 0.15) is 17.5 Å². The third kappa shape index (κ3) is 3.79. The summed E-state index contributed by atoms with van der Waals surface area (Å²) in [6, 6.07) is 4.46. The Morgan fingerprint density at radius 3 is 2.53 bits per heavy atom. The van der Waals surface area contributed by atoms with Crippen LogP contribution in [0.1, 0.15) is 36.3 Å². The maximum Gasteiger partial charge on any atom is 0.266 e.